The fourth-order valence-electron chi connectivity index (χ4n) is 2.41. The first-order valence-electron chi connectivity index (χ1n) is 6.68. The lowest BCUT2D eigenvalue weighted by molar-refractivity contribution is 0.388. The third-order valence-electron chi connectivity index (χ3n) is 3.30. The molecule has 0 radical (unpaired) electrons. The van der Waals surface area contributed by atoms with Gasteiger partial charge in [0, 0.05) is 35.2 Å². The van der Waals surface area contributed by atoms with Gasteiger partial charge in [0.05, 0.1) is 0 Å². The van der Waals surface area contributed by atoms with Crippen LogP contribution in [0.1, 0.15) is 12.0 Å². The van der Waals surface area contributed by atoms with Crippen molar-refractivity contribution in [1.29, 1.82) is 0 Å². The van der Waals surface area contributed by atoms with E-state index in [9.17, 15) is 0 Å². The first kappa shape index (κ1) is 14.4. The van der Waals surface area contributed by atoms with Crippen LogP contribution in [0.2, 0.25) is 5.02 Å². The summed E-state index contributed by atoms with van der Waals surface area (Å²) in [5.74, 6) is 0. The van der Waals surface area contributed by atoms with Gasteiger partial charge >= 0.3 is 0 Å². The number of nitrogens with zero attached hydrogens (tertiary/aromatic N) is 2. The van der Waals surface area contributed by atoms with Crippen LogP contribution < -0.4 is 5.32 Å². The summed E-state index contributed by atoms with van der Waals surface area (Å²) in [4.78, 5) is 2.22. The van der Waals surface area contributed by atoms with Crippen LogP contribution in [0, 0.1) is 0 Å². The van der Waals surface area contributed by atoms with Crippen molar-refractivity contribution in [2.75, 3.05) is 27.7 Å². The maximum absolute atomic E-state index is 6.12. The van der Waals surface area contributed by atoms with Gasteiger partial charge in [0.1, 0.15) is 0 Å². The van der Waals surface area contributed by atoms with Crippen molar-refractivity contribution in [3.8, 4) is 0 Å². The lowest BCUT2D eigenvalue weighted by Crippen LogP contribution is -2.14. The lowest BCUT2D eigenvalue weighted by atomic mass is 10.2. The molecule has 0 unspecified atom stereocenters. The zero-order valence-electron chi connectivity index (χ0n) is 11.9. The van der Waals surface area contributed by atoms with Gasteiger partial charge in [-0.05, 0) is 51.8 Å². The Labute approximate surface area is 120 Å². The van der Waals surface area contributed by atoms with Crippen molar-refractivity contribution < 1.29 is 0 Å². The fraction of sp³-hybridized carbons (Fsp3) is 0.467. The van der Waals surface area contributed by atoms with E-state index in [1.807, 2.05) is 13.1 Å². The second-order valence-corrected chi connectivity index (χ2v) is 5.63. The number of rotatable bonds is 6. The maximum atomic E-state index is 6.12. The highest BCUT2D eigenvalue weighted by molar-refractivity contribution is 6.31. The van der Waals surface area contributed by atoms with E-state index < -0.39 is 0 Å². The summed E-state index contributed by atoms with van der Waals surface area (Å²) in [5, 5.41) is 5.32. The minimum Gasteiger partial charge on any atom is -0.347 e. The summed E-state index contributed by atoms with van der Waals surface area (Å²) in [6.07, 6.45) is 3.38. The van der Waals surface area contributed by atoms with Gasteiger partial charge in [-0.1, -0.05) is 17.7 Å². The van der Waals surface area contributed by atoms with E-state index in [0.29, 0.717) is 0 Å². The van der Waals surface area contributed by atoms with E-state index in [2.05, 4.69) is 47.2 Å². The maximum Gasteiger partial charge on any atom is 0.0498 e. The number of halogens is 1. The molecule has 104 valence electrons. The molecule has 0 atom stereocenters. The Hall–Kier alpha value is -1.03. The quantitative estimate of drug-likeness (QED) is 0.877. The van der Waals surface area contributed by atoms with Crippen molar-refractivity contribution >= 4 is 22.5 Å². The van der Waals surface area contributed by atoms with Crippen molar-refractivity contribution in [1.82, 2.24) is 14.8 Å². The van der Waals surface area contributed by atoms with Gasteiger partial charge in [0.15, 0.2) is 0 Å². The molecule has 4 heteroatoms. The molecule has 0 aliphatic carbocycles. The summed E-state index contributed by atoms with van der Waals surface area (Å²) in [7, 11) is 6.19. The SMILES string of the molecule is CNCc1cn(CCCN(C)C)c2cc(Cl)ccc12. The molecule has 0 amide bonds. The minimum absolute atomic E-state index is 0.801. The Morgan fingerprint density at radius 1 is 1.32 bits per heavy atom. The molecule has 1 heterocycles. The summed E-state index contributed by atoms with van der Waals surface area (Å²) in [6.45, 7) is 3.01. The van der Waals surface area contributed by atoms with Crippen LogP contribution in [0.25, 0.3) is 10.9 Å². The molecule has 2 rings (SSSR count). The van der Waals surface area contributed by atoms with Crippen LogP contribution in [0.4, 0.5) is 0 Å². The van der Waals surface area contributed by atoms with Crippen LogP contribution in [-0.2, 0) is 13.1 Å². The molecule has 2 aromatic rings. The van der Waals surface area contributed by atoms with Gasteiger partial charge in [-0.15, -0.1) is 0 Å². The number of hydrogen-bond donors (Lipinski definition) is 1. The summed E-state index contributed by atoms with van der Waals surface area (Å²) < 4.78 is 2.32. The second kappa shape index (κ2) is 6.42. The molecular weight excluding hydrogens is 258 g/mol. The molecule has 0 fully saturated rings. The highest BCUT2D eigenvalue weighted by Gasteiger charge is 2.08. The van der Waals surface area contributed by atoms with E-state index in [4.69, 9.17) is 11.6 Å². The number of aryl methyl sites for hydroxylation is 1. The lowest BCUT2D eigenvalue weighted by Gasteiger charge is -2.10. The van der Waals surface area contributed by atoms with Crippen molar-refractivity contribution in [2.45, 2.75) is 19.5 Å². The molecule has 1 N–H and O–H groups in total. The highest BCUT2D eigenvalue weighted by Crippen LogP contribution is 2.25. The van der Waals surface area contributed by atoms with Gasteiger partial charge in [0.25, 0.3) is 0 Å². The first-order chi connectivity index (χ1) is 9.11. The second-order valence-electron chi connectivity index (χ2n) is 5.20. The Balaban J connectivity index is 2.28. The molecule has 0 bridgehead atoms. The van der Waals surface area contributed by atoms with Gasteiger partial charge < -0.3 is 14.8 Å². The van der Waals surface area contributed by atoms with Crippen LogP contribution in [0.5, 0.6) is 0 Å². The van der Waals surface area contributed by atoms with Crippen molar-refractivity contribution in [3.05, 3.63) is 35.0 Å². The minimum atomic E-state index is 0.801. The molecule has 0 aliphatic rings. The number of hydrogen-bond acceptors (Lipinski definition) is 2. The van der Waals surface area contributed by atoms with E-state index in [0.717, 1.165) is 31.1 Å². The van der Waals surface area contributed by atoms with Gasteiger partial charge in [-0.2, -0.15) is 0 Å². The predicted molar refractivity (Wildman–Crippen MR) is 82.9 cm³/mol. The molecule has 19 heavy (non-hydrogen) atoms. The number of nitrogens with one attached hydrogen (secondary N) is 1. The third-order valence-corrected chi connectivity index (χ3v) is 3.53. The van der Waals surface area contributed by atoms with Gasteiger partial charge in [0.2, 0.25) is 0 Å². The molecular formula is C15H22ClN3. The Morgan fingerprint density at radius 2 is 2.11 bits per heavy atom. The van der Waals surface area contributed by atoms with E-state index >= 15 is 0 Å². The van der Waals surface area contributed by atoms with Crippen LogP contribution in [0.3, 0.4) is 0 Å². The average molecular weight is 280 g/mol. The molecule has 0 saturated heterocycles. The Morgan fingerprint density at radius 3 is 2.79 bits per heavy atom. The van der Waals surface area contributed by atoms with Crippen LogP contribution >= 0.6 is 11.6 Å². The Bertz CT molecular complexity index is 546. The smallest absolute Gasteiger partial charge is 0.0498 e. The topological polar surface area (TPSA) is 20.2 Å². The fourth-order valence-corrected chi connectivity index (χ4v) is 2.58. The van der Waals surface area contributed by atoms with Gasteiger partial charge in [-0.25, -0.2) is 0 Å². The molecule has 0 spiro atoms. The van der Waals surface area contributed by atoms with Crippen LogP contribution in [0.15, 0.2) is 24.4 Å². The van der Waals surface area contributed by atoms with Crippen LogP contribution in [-0.4, -0.2) is 37.2 Å². The predicted octanol–water partition coefficient (Wildman–Crippen LogP) is 2.97. The molecule has 1 aromatic carbocycles. The Kier molecular flexibility index (Phi) is 4.86. The highest BCUT2D eigenvalue weighted by atomic mass is 35.5. The van der Waals surface area contributed by atoms with Gasteiger partial charge in [-0.3, -0.25) is 0 Å². The molecule has 0 saturated carbocycles. The summed E-state index contributed by atoms with van der Waals surface area (Å²) in [5.41, 5.74) is 2.57. The molecule has 3 nitrogen and oxygen atoms in total. The van der Waals surface area contributed by atoms with E-state index in [1.165, 1.54) is 16.5 Å². The van der Waals surface area contributed by atoms with E-state index in [1.54, 1.807) is 0 Å². The molecule has 1 aromatic heterocycles. The standard InChI is InChI=1S/C15H22ClN3/c1-17-10-12-11-19(8-4-7-18(2)3)15-9-13(16)5-6-14(12)15/h5-6,9,11,17H,4,7-8,10H2,1-3H3. The van der Waals surface area contributed by atoms with Crippen molar-refractivity contribution in [3.63, 3.8) is 0 Å². The van der Waals surface area contributed by atoms with Crippen molar-refractivity contribution in [2.24, 2.45) is 0 Å². The first-order valence-corrected chi connectivity index (χ1v) is 7.06. The zero-order chi connectivity index (χ0) is 13.8. The normalized spacial score (nSPS) is 11.6. The zero-order valence-corrected chi connectivity index (χ0v) is 12.7. The third kappa shape index (κ3) is 3.50. The number of aromatic nitrogens is 1. The largest absolute Gasteiger partial charge is 0.347 e. The number of fused-ring (bicyclic) bond motifs is 1. The summed E-state index contributed by atoms with van der Waals surface area (Å²) in [6, 6.07) is 6.14. The molecule has 0 aliphatic heterocycles. The monoisotopic (exact) mass is 279 g/mol. The number of benzene rings is 1. The van der Waals surface area contributed by atoms with E-state index in [-0.39, 0.29) is 0 Å². The average Bonchev–Trinajstić information content (AvgIpc) is 2.67. The summed E-state index contributed by atoms with van der Waals surface area (Å²) >= 11 is 6.12.